The Kier molecular flexibility index (Phi) is 7.60. The van der Waals surface area contributed by atoms with Crippen LogP contribution in [0.2, 0.25) is 0 Å². The summed E-state index contributed by atoms with van der Waals surface area (Å²) in [5.41, 5.74) is 2.18. The van der Waals surface area contributed by atoms with E-state index in [4.69, 9.17) is 0 Å². The van der Waals surface area contributed by atoms with E-state index in [2.05, 4.69) is 5.32 Å². The largest absolute Gasteiger partial charge is 0.354 e. The third-order valence-corrected chi connectivity index (χ3v) is 3.45. The maximum atomic E-state index is 11.9. The van der Waals surface area contributed by atoms with Crippen molar-refractivity contribution < 1.29 is 9.59 Å². The lowest BCUT2D eigenvalue weighted by molar-refractivity contribution is -0.129. The zero-order chi connectivity index (χ0) is 16.5. The Morgan fingerprint density at radius 1 is 1.05 bits per heavy atom. The fourth-order valence-corrected chi connectivity index (χ4v) is 2.03. The second-order valence-electron chi connectivity index (χ2n) is 5.82. The summed E-state index contributed by atoms with van der Waals surface area (Å²) in [7, 11) is 3.95. The molecule has 0 atom stereocenters. The topological polar surface area (TPSA) is 52.7 Å². The van der Waals surface area contributed by atoms with Gasteiger partial charge in [-0.15, -0.1) is 0 Å². The van der Waals surface area contributed by atoms with E-state index in [0.29, 0.717) is 26.1 Å². The maximum Gasteiger partial charge on any atom is 0.224 e. The van der Waals surface area contributed by atoms with Crippen LogP contribution in [0.4, 0.5) is 0 Å². The van der Waals surface area contributed by atoms with Gasteiger partial charge in [0.1, 0.15) is 0 Å². The van der Waals surface area contributed by atoms with Gasteiger partial charge in [0.2, 0.25) is 11.8 Å². The molecular weight excluding hydrogens is 278 g/mol. The SMILES string of the molecule is CC(=O)N(CCNC(=O)Cc1ccc(C)cc1)CCN(C)C. The van der Waals surface area contributed by atoms with Crippen molar-refractivity contribution in [2.24, 2.45) is 0 Å². The van der Waals surface area contributed by atoms with Gasteiger partial charge in [0.25, 0.3) is 0 Å². The normalized spacial score (nSPS) is 10.6. The number of hydrogen-bond donors (Lipinski definition) is 1. The molecule has 122 valence electrons. The van der Waals surface area contributed by atoms with Gasteiger partial charge in [-0.2, -0.15) is 0 Å². The first-order valence-corrected chi connectivity index (χ1v) is 7.61. The van der Waals surface area contributed by atoms with Gasteiger partial charge in [-0.25, -0.2) is 0 Å². The molecule has 0 aromatic heterocycles. The second kappa shape index (κ2) is 9.20. The van der Waals surface area contributed by atoms with Crippen molar-refractivity contribution in [2.45, 2.75) is 20.3 Å². The van der Waals surface area contributed by atoms with Crippen LogP contribution < -0.4 is 5.32 Å². The predicted molar refractivity (Wildman–Crippen MR) is 88.7 cm³/mol. The molecular formula is C17H27N3O2. The van der Waals surface area contributed by atoms with E-state index in [9.17, 15) is 9.59 Å². The van der Waals surface area contributed by atoms with Crippen LogP contribution in [0, 0.1) is 6.92 Å². The summed E-state index contributed by atoms with van der Waals surface area (Å²) < 4.78 is 0. The minimum absolute atomic E-state index is 0.0139. The highest BCUT2D eigenvalue weighted by molar-refractivity contribution is 5.78. The number of rotatable bonds is 8. The molecule has 0 fully saturated rings. The summed E-state index contributed by atoms with van der Waals surface area (Å²) in [6.45, 7) is 6.10. The highest BCUT2D eigenvalue weighted by atomic mass is 16.2. The maximum absolute atomic E-state index is 11.9. The van der Waals surface area contributed by atoms with Crippen molar-refractivity contribution >= 4 is 11.8 Å². The van der Waals surface area contributed by atoms with Crippen LogP contribution in [0.15, 0.2) is 24.3 Å². The molecule has 0 aliphatic rings. The van der Waals surface area contributed by atoms with Crippen LogP contribution in [-0.2, 0) is 16.0 Å². The number of nitrogens with one attached hydrogen (secondary N) is 1. The van der Waals surface area contributed by atoms with Crippen LogP contribution in [0.25, 0.3) is 0 Å². The van der Waals surface area contributed by atoms with Crippen molar-refractivity contribution in [1.82, 2.24) is 15.1 Å². The summed E-state index contributed by atoms with van der Waals surface area (Å²) in [5, 5.41) is 2.87. The molecule has 22 heavy (non-hydrogen) atoms. The summed E-state index contributed by atoms with van der Waals surface area (Å²) in [6, 6.07) is 7.93. The molecule has 0 bridgehead atoms. The lowest BCUT2D eigenvalue weighted by atomic mass is 10.1. The molecule has 0 radical (unpaired) electrons. The van der Waals surface area contributed by atoms with Gasteiger partial charge in [-0.05, 0) is 26.6 Å². The minimum atomic E-state index is -0.0139. The molecule has 0 unspecified atom stereocenters. The smallest absolute Gasteiger partial charge is 0.224 e. The van der Waals surface area contributed by atoms with Gasteiger partial charge in [0.15, 0.2) is 0 Å². The summed E-state index contributed by atoms with van der Waals surface area (Å²) in [5.74, 6) is 0.0228. The zero-order valence-electron chi connectivity index (χ0n) is 14.1. The van der Waals surface area contributed by atoms with Gasteiger partial charge >= 0.3 is 0 Å². The molecule has 0 heterocycles. The fraction of sp³-hybridized carbons (Fsp3) is 0.529. The first-order chi connectivity index (χ1) is 10.4. The van der Waals surface area contributed by atoms with Crippen LogP contribution in [-0.4, -0.2) is 61.9 Å². The number of carbonyl (C=O) groups is 2. The first-order valence-electron chi connectivity index (χ1n) is 7.61. The van der Waals surface area contributed by atoms with E-state index in [1.54, 1.807) is 11.8 Å². The van der Waals surface area contributed by atoms with Gasteiger partial charge in [-0.1, -0.05) is 29.8 Å². The minimum Gasteiger partial charge on any atom is -0.354 e. The molecule has 1 rings (SSSR count). The van der Waals surface area contributed by atoms with Crippen molar-refractivity contribution in [1.29, 1.82) is 0 Å². The van der Waals surface area contributed by atoms with E-state index in [-0.39, 0.29) is 11.8 Å². The molecule has 0 saturated carbocycles. The Balaban J connectivity index is 2.33. The fourth-order valence-electron chi connectivity index (χ4n) is 2.03. The molecule has 1 aromatic rings. The molecule has 5 nitrogen and oxygen atoms in total. The molecule has 0 spiro atoms. The number of likely N-dealkylation sites (N-methyl/N-ethyl adjacent to an activating group) is 1. The van der Waals surface area contributed by atoms with Gasteiger partial charge in [0, 0.05) is 33.1 Å². The second-order valence-corrected chi connectivity index (χ2v) is 5.82. The molecule has 5 heteroatoms. The van der Waals surface area contributed by atoms with E-state index < -0.39 is 0 Å². The van der Waals surface area contributed by atoms with Crippen molar-refractivity contribution in [3.05, 3.63) is 35.4 Å². The van der Waals surface area contributed by atoms with E-state index >= 15 is 0 Å². The average molecular weight is 305 g/mol. The zero-order valence-corrected chi connectivity index (χ0v) is 14.1. The van der Waals surface area contributed by atoms with E-state index in [1.165, 1.54) is 5.56 Å². The van der Waals surface area contributed by atoms with Crippen molar-refractivity contribution in [3.8, 4) is 0 Å². The third kappa shape index (κ3) is 7.22. The van der Waals surface area contributed by atoms with Gasteiger partial charge in [-0.3, -0.25) is 9.59 Å². The number of amides is 2. The number of hydrogen-bond acceptors (Lipinski definition) is 3. The predicted octanol–water partition coefficient (Wildman–Crippen LogP) is 1.06. The molecule has 0 saturated heterocycles. The standard InChI is InChI=1S/C17H27N3O2/c1-14-5-7-16(8-6-14)13-17(22)18-9-10-20(15(2)21)12-11-19(3)4/h5-8H,9-13H2,1-4H3,(H,18,22). The summed E-state index contributed by atoms with van der Waals surface area (Å²) in [6.07, 6.45) is 0.373. The molecule has 0 aliphatic carbocycles. The Bertz CT molecular complexity index is 483. The first kappa shape index (κ1) is 18.2. The van der Waals surface area contributed by atoms with Crippen LogP contribution in [0.3, 0.4) is 0 Å². The quantitative estimate of drug-likeness (QED) is 0.781. The number of benzene rings is 1. The number of nitrogens with zero attached hydrogens (tertiary/aromatic N) is 2. The Labute approximate surface area is 133 Å². The van der Waals surface area contributed by atoms with Crippen LogP contribution >= 0.6 is 0 Å². The Morgan fingerprint density at radius 2 is 1.68 bits per heavy atom. The Hall–Kier alpha value is -1.88. The average Bonchev–Trinajstić information content (AvgIpc) is 2.44. The highest BCUT2D eigenvalue weighted by Crippen LogP contribution is 2.03. The summed E-state index contributed by atoms with van der Waals surface area (Å²) in [4.78, 5) is 27.2. The van der Waals surface area contributed by atoms with Crippen LogP contribution in [0.1, 0.15) is 18.1 Å². The third-order valence-electron chi connectivity index (χ3n) is 3.45. The molecule has 1 N–H and O–H groups in total. The van der Waals surface area contributed by atoms with Crippen molar-refractivity contribution in [2.75, 3.05) is 40.3 Å². The van der Waals surface area contributed by atoms with Gasteiger partial charge in [0.05, 0.1) is 6.42 Å². The highest BCUT2D eigenvalue weighted by Gasteiger charge is 2.09. The molecule has 1 aromatic carbocycles. The van der Waals surface area contributed by atoms with Gasteiger partial charge < -0.3 is 15.1 Å². The molecule has 2 amide bonds. The Morgan fingerprint density at radius 3 is 2.23 bits per heavy atom. The lowest BCUT2D eigenvalue weighted by Crippen LogP contribution is -2.41. The lowest BCUT2D eigenvalue weighted by Gasteiger charge is -2.23. The number of carbonyl (C=O) groups excluding carboxylic acids is 2. The summed E-state index contributed by atoms with van der Waals surface area (Å²) >= 11 is 0. The number of aryl methyl sites for hydroxylation is 1. The van der Waals surface area contributed by atoms with Crippen molar-refractivity contribution in [3.63, 3.8) is 0 Å². The monoisotopic (exact) mass is 305 g/mol. The van der Waals surface area contributed by atoms with E-state index in [1.807, 2.05) is 50.2 Å². The molecule has 0 aliphatic heterocycles. The van der Waals surface area contributed by atoms with Crippen LogP contribution in [0.5, 0.6) is 0 Å². The van der Waals surface area contributed by atoms with E-state index in [0.717, 1.165) is 12.1 Å².